The van der Waals surface area contributed by atoms with Crippen molar-refractivity contribution in [1.82, 2.24) is 9.88 Å². The molecule has 176 valence electrons. The van der Waals surface area contributed by atoms with E-state index >= 15 is 0 Å². The van der Waals surface area contributed by atoms with Crippen molar-refractivity contribution in [3.05, 3.63) is 65.5 Å². The van der Waals surface area contributed by atoms with E-state index in [4.69, 9.17) is 14.2 Å². The molecule has 0 bridgehead atoms. The Balaban J connectivity index is 1.79. The zero-order valence-corrected chi connectivity index (χ0v) is 20.3. The first-order chi connectivity index (χ1) is 16.5. The summed E-state index contributed by atoms with van der Waals surface area (Å²) in [7, 11) is 3.32. The van der Waals surface area contributed by atoms with Crippen LogP contribution in [0.25, 0.3) is 22.3 Å². The second-order valence-electron chi connectivity index (χ2n) is 8.73. The first-order valence-electron chi connectivity index (χ1n) is 11.6. The van der Waals surface area contributed by atoms with Crippen LogP contribution in [0.2, 0.25) is 0 Å². The number of morpholine rings is 1. The maximum Gasteiger partial charge on any atom is 0.148 e. The molecular weight excluding hydrogens is 426 g/mol. The third-order valence-electron chi connectivity index (χ3n) is 6.27. The van der Waals surface area contributed by atoms with Crippen molar-refractivity contribution in [2.24, 2.45) is 0 Å². The molecule has 1 aliphatic rings. The maximum atomic E-state index is 9.89. The van der Waals surface area contributed by atoms with Gasteiger partial charge in [-0.2, -0.15) is 5.26 Å². The van der Waals surface area contributed by atoms with Crippen LogP contribution < -0.4 is 9.47 Å². The fourth-order valence-corrected chi connectivity index (χ4v) is 4.44. The molecule has 0 unspecified atom stereocenters. The Morgan fingerprint density at radius 2 is 1.71 bits per heavy atom. The molecule has 0 amide bonds. The number of hydrogen-bond donors (Lipinski definition) is 0. The average molecular weight is 458 g/mol. The van der Waals surface area contributed by atoms with Gasteiger partial charge in [0.1, 0.15) is 23.3 Å². The maximum absolute atomic E-state index is 9.89. The standard InChI is InChI=1S/C28H31N3O3/c1-19(2)23-15-24(27(33-4)16-26(23)32-3)22-9-10-30-25(17-29)28(22)21-7-5-20(6-8-21)18-31-11-13-34-14-12-31/h5-10,15-16,19H,11-14,18H2,1-4H3. The second-order valence-corrected chi connectivity index (χ2v) is 8.73. The van der Waals surface area contributed by atoms with E-state index in [1.807, 2.05) is 12.1 Å². The zero-order valence-electron chi connectivity index (χ0n) is 20.3. The molecule has 0 N–H and O–H groups in total. The first kappa shape index (κ1) is 23.7. The Bertz CT molecular complexity index is 1180. The quantitative estimate of drug-likeness (QED) is 0.482. The number of pyridine rings is 1. The highest BCUT2D eigenvalue weighted by molar-refractivity contribution is 5.89. The molecule has 0 atom stereocenters. The highest BCUT2D eigenvalue weighted by Crippen LogP contribution is 2.43. The van der Waals surface area contributed by atoms with Crippen LogP contribution in [0.5, 0.6) is 11.5 Å². The van der Waals surface area contributed by atoms with Gasteiger partial charge in [-0.3, -0.25) is 4.90 Å². The van der Waals surface area contributed by atoms with Crippen LogP contribution in [-0.4, -0.2) is 50.4 Å². The van der Waals surface area contributed by atoms with E-state index in [0.717, 1.165) is 66.4 Å². The predicted octanol–water partition coefficient (Wildman–Crippen LogP) is 5.26. The molecule has 4 rings (SSSR count). The van der Waals surface area contributed by atoms with Gasteiger partial charge in [0.05, 0.1) is 27.4 Å². The minimum atomic E-state index is 0.264. The van der Waals surface area contributed by atoms with Crippen LogP contribution in [0.3, 0.4) is 0 Å². The molecule has 2 aromatic carbocycles. The monoisotopic (exact) mass is 457 g/mol. The van der Waals surface area contributed by atoms with E-state index in [2.05, 4.69) is 60.1 Å². The van der Waals surface area contributed by atoms with Crippen LogP contribution in [0.15, 0.2) is 48.7 Å². The molecule has 6 heteroatoms. The molecule has 1 fully saturated rings. The van der Waals surface area contributed by atoms with E-state index in [1.54, 1.807) is 20.4 Å². The summed E-state index contributed by atoms with van der Waals surface area (Å²) in [4.78, 5) is 6.77. The number of hydrogen-bond acceptors (Lipinski definition) is 6. The number of methoxy groups -OCH3 is 2. The molecule has 6 nitrogen and oxygen atoms in total. The van der Waals surface area contributed by atoms with Crippen molar-refractivity contribution in [3.63, 3.8) is 0 Å². The number of aromatic nitrogens is 1. The Labute approximate surface area is 201 Å². The molecule has 0 saturated carbocycles. The van der Waals surface area contributed by atoms with Crippen molar-refractivity contribution < 1.29 is 14.2 Å². The van der Waals surface area contributed by atoms with Gasteiger partial charge in [0.15, 0.2) is 0 Å². The molecule has 1 saturated heterocycles. The number of nitriles is 1. The van der Waals surface area contributed by atoms with Crippen molar-refractivity contribution in [2.45, 2.75) is 26.3 Å². The summed E-state index contributed by atoms with van der Waals surface area (Å²) in [6.07, 6.45) is 1.68. The normalized spacial score (nSPS) is 14.1. The minimum Gasteiger partial charge on any atom is -0.496 e. The van der Waals surface area contributed by atoms with E-state index < -0.39 is 0 Å². The molecule has 34 heavy (non-hydrogen) atoms. The smallest absolute Gasteiger partial charge is 0.148 e. The van der Waals surface area contributed by atoms with Crippen LogP contribution >= 0.6 is 0 Å². The predicted molar refractivity (Wildman–Crippen MR) is 133 cm³/mol. The average Bonchev–Trinajstić information content (AvgIpc) is 2.88. The first-order valence-corrected chi connectivity index (χ1v) is 11.6. The number of benzene rings is 2. The molecule has 0 radical (unpaired) electrons. The lowest BCUT2D eigenvalue weighted by molar-refractivity contribution is 0.0342. The van der Waals surface area contributed by atoms with Crippen LogP contribution in [0.1, 0.15) is 36.6 Å². The van der Waals surface area contributed by atoms with E-state index in [1.165, 1.54) is 5.56 Å². The summed E-state index contributed by atoms with van der Waals surface area (Å²) in [5.41, 5.74) is 6.30. The van der Waals surface area contributed by atoms with Crippen molar-refractivity contribution >= 4 is 0 Å². The largest absolute Gasteiger partial charge is 0.496 e. The summed E-state index contributed by atoms with van der Waals surface area (Å²) >= 11 is 0. The molecular formula is C28H31N3O3. The van der Waals surface area contributed by atoms with Gasteiger partial charge in [0.25, 0.3) is 0 Å². The number of nitrogens with zero attached hydrogens (tertiary/aromatic N) is 3. The topological polar surface area (TPSA) is 67.6 Å². The van der Waals surface area contributed by atoms with Gasteiger partial charge in [-0.1, -0.05) is 38.1 Å². The van der Waals surface area contributed by atoms with Gasteiger partial charge >= 0.3 is 0 Å². The Hall–Kier alpha value is -3.40. The molecule has 2 heterocycles. The molecule has 1 aliphatic heterocycles. The highest BCUT2D eigenvalue weighted by atomic mass is 16.5. The van der Waals surface area contributed by atoms with Gasteiger partial charge in [-0.05, 0) is 40.3 Å². The fraction of sp³-hybridized carbons (Fsp3) is 0.357. The van der Waals surface area contributed by atoms with Crippen LogP contribution in [-0.2, 0) is 11.3 Å². The third kappa shape index (κ3) is 4.91. The fourth-order valence-electron chi connectivity index (χ4n) is 4.44. The Morgan fingerprint density at radius 1 is 1.00 bits per heavy atom. The lowest BCUT2D eigenvalue weighted by Gasteiger charge is -2.26. The van der Waals surface area contributed by atoms with Gasteiger partial charge in [-0.15, -0.1) is 0 Å². The van der Waals surface area contributed by atoms with Gasteiger partial charge < -0.3 is 14.2 Å². The van der Waals surface area contributed by atoms with Crippen molar-refractivity contribution in [1.29, 1.82) is 5.26 Å². The number of ether oxygens (including phenoxy) is 3. The van der Waals surface area contributed by atoms with Gasteiger partial charge in [0.2, 0.25) is 0 Å². The third-order valence-corrected chi connectivity index (χ3v) is 6.27. The lowest BCUT2D eigenvalue weighted by Crippen LogP contribution is -2.35. The van der Waals surface area contributed by atoms with Crippen LogP contribution in [0.4, 0.5) is 0 Å². The Kier molecular flexibility index (Phi) is 7.46. The summed E-state index contributed by atoms with van der Waals surface area (Å²) in [6, 6.07) is 16.7. The Morgan fingerprint density at radius 3 is 2.32 bits per heavy atom. The summed E-state index contributed by atoms with van der Waals surface area (Å²) < 4.78 is 16.8. The summed E-state index contributed by atoms with van der Waals surface area (Å²) in [5, 5.41) is 9.89. The van der Waals surface area contributed by atoms with Crippen molar-refractivity contribution in [3.8, 4) is 39.8 Å². The molecule has 1 aromatic heterocycles. The van der Waals surface area contributed by atoms with E-state index in [-0.39, 0.29) is 5.92 Å². The molecule has 3 aromatic rings. The zero-order chi connectivity index (χ0) is 24.1. The summed E-state index contributed by atoms with van der Waals surface area (Å²) in [6.45, 7) is 8.62. The highest BCUT2D eigenvalue weighted by Gasteiger charge is 2.20. The lowest BCUT2D eigenvalue weighted by atomic mass is 9.90. The van der Waals surface area contributed by atoms with E-state index in [9.17, 15) is 5.26 Å². The van der Waals surface area contributed by atoms with Gasteiger partial charge in [0, 0.05) is 43.0 Å². The van der Waals surface area contributed by atoms with E-state index in [0.29, 0.717) is 11.4 Å². The molecule has 0 aliphatic carbocycles. The second kappa shape index (κ2) is 10.7. The SMILES string of the molecule is COc1cc(OC)c(C(C)C)cc1-c1ccnc(C#N)c1-c1ccc(CN2CCOCC2)cc1. The molecule has 0 spiro atoms. The van der Waals surface area contributed by atoms with Gasteiger partial charge in [-0.25, -0.2) is 4.98 Å². The van der Waals surface area contributed by atoms with Crippen molar-refractivity contribution in [2.75, 3.05) is 40.5 Å². The minimum absolute atomic E-state index is 0.264. The number of rotatable bonds is 7. The van der Waals surface area contributed by atoms with Crippen LogP contribution in [0, 0.1) is 11.3 Å². The summed E-state index contributed by atoms with van der Waals surface area (Å²) in [5.74, 6) is 1.75.